The topological polar surface area (TPSA) is 49.9 Å². The molecule has 1 aromatic carbocycles. The van der Waals surface area contributed by atoms with E-state index in [2.05, 4.69) is 18.7 Å². The van der Waals surface area contributed by atoms with E-state index in [9.17, 15) is 8.42 Å². The first kappa shape index (κ1) is 18.8. The van der Waals surface area contributed by atoms with Crippen LogP contribution >= 0.6 is 0 Å². The molecule has 0 N–H and O–H groups in total. The molecule has 2 fully saturated rings. The van der Waals surface area contributed by atoms with Gasteiger partial charge in [0.2, 0.25) is 10.0 Å². The van der Waals surface area contributed by atoms with Crippen LogP contribution in [0.15, 0.2) is 29.2 Å². The van der Waals surface area contributed by atoms with Crippen LogP contribution in [0, 0.1) is 11.8 Å². The molecule has 0 aromatic heterocycles. The van der Waals surface area contributed by atoms with Crippen LogP contribution in [0.2, 0.25) is 0 Å². The van der Waals surface area contributed by atoms with Gasteiger partial charge in [-0.15, -0.1) is 0 Å². The van der Waals surface area contributed by atoms with Gasteiger partial charge in [0.1, 0.15) is 0 Å². The van der Waals surface area contributed by atoms with Crippen LogP contribution in [0.5, 0.6) is 0 Å². The third kappa shape index (κ3) is 4.61. The molecule has 1 aromatic rings. The lowest BCUT2D eigenvalue weighted by atomic mass is 9.88. The Hall–Kier alpha value is -0.950. The van der Waals surface area contributed by atoms with Crippen LogP contribution in [0.1, 0.15) is 32.3 Å². The van der Waals surface area contributed by atoms with E-state index in [1.54, 1.807) is 6.07 Å². The highest BCUT2D eigenvalue weighted by Crippen LogP contribution is 2.25. The zero-order valence-corrected chi connectivity index (χ0v) is 16.2. The van der Waals surface area contributed by atoms with Gasteiger partial charge in [-0.1, -0.05) is 26.0 Å². The van der Waals surface area contributed by atoms with Crippen LogP contribution in [0.4, 0.5) is 0 Å². The van der Waals surface area contributed by atoms with Gasteiger partial charge in [-0.3, -0.25) is 4.90 Å². The molecule has 2 aliphatic rings. The Kier molecular flexibility index (Phi) is 6.15. The normalized spacial score (nSPS) is 23.9. The van der Waals surface area contributed by atoms with Gasteiger partial charge in [0.15, 0.2) is 0 Å². The van der Waals surface area contributed by atoms with Crippen molar-refractivity contribution in [3.8, 4) is 0 Å². The van der Waals surface area contributed by atoms with Crippen molar-refractivity contribution in [1.82, 2.24) is 9.21 Å². The average Bonchev–Trinajstić information content (AvgIpc) is 2.63. The fourth-order valence-corrected chi connectivity index (χ4v) is 5.26. The number of hydrogen-bond acceptors (Lipinski definition) is 4. The summed E-state index contributed by atoms with van der Waals surface area (Å²) in [4.78, 5) is 2.87. The summed E-state index contributed by atoms with van der Waals surface area (Å²) >= 11 is 0. The van der Waals surface area contributed by atoms with E-state index in [4.69, 9.17) is 4.74 Å². The molecule has 2 aliphatic heterocycles. The van der Waals surface area contributed by atoms with E-state index in [-0.39, 0.29) is 0 Å². The molecule has 0 spiro atoms. The van der Waals surface area contributed by atoms with E-state index in [0.29, 0.717) is 37.1 Å². The largest absolute Gasteiger partial charge is 0.379 e. The molecule has 2 saturated heterocycles. The molecule has 1 atom stereocenters. The molecule has 5 nitrogen and oxygen atoms in total. The summed E-state index contributed by atoms with van der Waals surface area (Å²) in [5.41, 5.74) is 1.08. The van der Waals surface area contributed by atoms with Crippen LogP contribution in [-0.4, -0.2) is 57.0 Å². The van der Waals surface area contributed by atoms with Crippen molar-refractivity contribution in [1.29, 1.82) is 0 Å². The number of ether oxygens (including phenoxy) is 1. The maximum atomic E-state index is 12.8. The number of rotatable bonds is 5. The Bertz CT molecular complexity index is 669. The average molecular weight is 367 g/mol. The Labute approximate surface area is 152 Å². The maximum Gasteiger partial charge on any atom is 0.243 e. The molecular weight excluding hydrogens is 336 g/mol. The van der Waals surface area contributed by atoms with Gasteiger partial charge in [0.25, 0.3) is 0 Å². The minimum Gasteiger partial charge on any atom is -0.379 e. The van der Waals surface area contributed by atoms with E-state index in [1.165, 1.54) is 17.1 Å². The molecule has 140 valence electrons. The highest BCUT2D eigenvalue weighted by atomic mass is 32.2. The third-order valence-corrected chi connectivity index (χ3v) is 7.29. The number of piperidine rings is 1. The fraction of sp³-hybridized carbons (Fsp3) is 0.684. The molecule has 0 aliphatic carbocycles. The molecule has 2 heterocycles. The molecule has 0 radical (unpaired) electrons. The molecular formula is C19H30N2O3S. The second-order valence-electron chi connectivity index (χ2n) is 7.55. The zero-order chi connectivity index (χ0) is 17.9. The highest BCUT2D eigenvalue weighted by molar-refractivity contribution is 7.89. The highest BCUT2D eigenvalue weighted by Gasteiger charge is 2.27. The van der Waals surface area contributed by atoms with Gasteiger partial charge in [0, 0.05) is 26.2 Å². The van der Waals surface area contributed by atoms with Crippen LogP contribution in [0.25, 0.3) is 0 Å². The van der Waals surface area contributed by atoms with Gasteiger partial charge in [-0.25, -0.2) is 8.42 Å². The Morgan fingerprint density at radius 3 is 2.68 bits per heavy atom. The number of sulfonamides is 1. The van der Waals surface area contributed by atoms with Crippen LogP contribution in [0.3, 0.4) is 0 Å². The van der Waals surface area contributed by atoms with Crippen molar-refractivity contribution < 1.29 is 13.2 Å². The summed E-state index contributed by atoms with van der Waals surface area (Å²) < 4.78 is 32.5. The molecule has 25 heavy (non-hydrogen) atoms. The lowest BCUT2D eigenvalue weighted by molar-refractivity contribution is 0.0730. The monoisotopic (exact) mass is 366 g/mol. The number of benzene rings is 1. The van der Waals surface area contributed by atoms with E-state index < -0.39 is 10.0 Å². The molecule has 0 saturated carbocycles. The number of hydrogen-bond donors (Lipinski definition) is 0. The SMILES string of the molecule is CC(C)C1CCCN(Cc2cccc(S(=O)(=O)N3CCOCC3)c2)C1. The lowest BCUT2D eigenvalue weighted by Gasteiger charge is -2.35. The number of morpholine rings is 1. The molecule has 1 unspecified atom stereocenters. The van der Waals surface area contributed by atoms with Crippen molar-refractivity contribution in [2.24, 2.45) is 11.8 Å². The Morgan fingerprint density at radius 2 is 1.96 bits per heavy atom. The van der Waals surface area contributed by atoms with Gasteiger partial charge < -0.3 is 4.74 Å². The predicted octanol–water partition coefficient (Wildman–Crippen LogP) is 2.58. The summed E-state index contributed by atoms with van der Waals surface area (Å²) in [6.07, 6.45) is 2.54. The van der Waals surface area contributed by atoms with Crippen LogP contribution < -0.4 is 0 Å². The first-order chi connectivity index (χ1) is 12.0. The summed E-state index contributed by atoms with van der Waals surface area (Å²) in [5.74, 6) is 1.45. The molecule has 0 bridgehead atoms. The van der Waals surface area contributed by atoms with Crippen molar-refractivity contribution >= 4 is 10.0 Å². The zero-order valence-electron chi connectivity index (χ0n) is 15.4. The van der Waals surface area contributed by atoms with Crippen molar-refractivity contribution in [3.63, 3.8) is 0 Å². The van der Waals surface area contributed by atoms with Crippen molar-refractivity contribution in [2.75, 3.05) is 39.4 Å². The fourth-order valence-electron chi connectivity index (χ4n) is 3.78. The second kappa shape index (κ2) is 8.16. The van der Waals surface area contributed by atoms with E-state index in [0.717, 1.165) is 31.1 Å². The number of likely N-dealkylation sites (tertiary alicyclic amines) is 1. The summed E-state index contributed by atoms with van der Waals surface area (Å²) in [6, 6.07) is 7.47. The predicted molar refractivity (Wildman–Crippen MR) is 98.9 cm³/mol. The van der Waals surface area contributed by atoms with Gasteiger partial charge in [-0.2, -0.15) is 4.31 Å². The quantitative estimate of drug-likeness (QED) is 0.804. The smallest absolute Gasteiger partial charge is 0.243 e. The minimum atomic E-state index is -3.41. The molecule has 3 rings (SSSR count). The standard InChI is InChI=1S/C19H30N2O3S/c1-16(2)18-6-4-8-20(15-18)14-17-5-3-7-19(13-17)25(22,23)21-9-11-24-12-10-21/h3,5,7,13,16,18H,4,6,8-12,14-15H2,1-2H3. The Balaban J connectivity index is 1.71. The summed E-state index contributed by atoms with van der Waals surface area (Å²) in [7, 11) is -3.41. The second-order valence-corrected chi connectivity index (χ2v) is 9.48. The summed E-state index contributed by atoms with van der Waals surface area (Å²) in [6.45, 7) is 9.46. The first-order valence-corrected chi connectivity index (χ1v) is 10.8. The Morgan fingerprint density at radius 1 is 1.20 bits per heavy atom. The van der Waals surface area contributed by atoms with Gasteiger partial charge in [0.05, 0.1) is 18.1 Å². The van der Waals surface area contributed by atoms with E-state index in [1.807, 2.05) is 18.2 Å². The minimum absolute atomic E-state index is 0.407. The molecule has 0 amide bonds. The third-order valence-electron chi connectivity index (χ3n) is 5.40. The van der Waals surface area contributed by atoms with Crippen molar-refractivity contribution in [3.05, 3.63) is 29.8 Å². The number of nitrogens with zero attached hydrogens (tertiary/aromatic N) is 2. The maximum absolute atomic E-state index is 12.8. The lowest BCUT2D eigenvalue weighted by Crippen LogP contribution is -2.40. The molecule has 6 heteroatoms. The summed E-state index contributed by atoms with van der Waals surface area (Å²) in [5, 5.41) is 0. The van der Waals surface area contributed by atoms with E-state index >= 15 is 0 Å². The van der Waals surface area contributed by atoms with Gasteiger partial charge in [-0.05, 0) is 48.9 Å². The first-order valence-electron chi connectivity index (χ1n) is 9.36. The van der Waals surface area contributed by atoms with Crippen LogP contribution in [-0.2, 0) is 21.3 Å². The van der Waals surface area contributed by atoms with Crippen molar-refractivity contribution in [2.45, 2.75) is 38.1 Å². The van der Waals surface area contributed by atoms with Gasteiger partial charge >= 0.3 is 0 Å².